The van der Waals surface area contributed by atoms with E-state index in [0.717, 1.165) is 25.2 Å². The van der Waals surface area contributed by atoms with Gasteiger partial charge in [0.05, 0.1) is 0 Å². The van der Waals surface area contributed by atoms with E-state index in [1.807, 2.05) is 0 Å². The molecule has 0 fully saturated rings. The molecule has 0 saturated carbocycles. The Balaban J connectivity index is 3.52. The van der Waals surface area contributed by atoms with E-state index in [9.17, 15) is 0 Å². The van der Waals surface area contributed by atoms with E-state index in [1.54, 1.807) is 0 Å². The Morgan fingerprint density at radius 2 is 1.90 bits per heavy atom. The van der Waals surface area contributed by atoms with Crippen molar-refractivity contribution in [1.82, 2.24) is 4.90 Å². The highest BCUT2D eigenvalue weighted by atomic mass is 15.1. The maximum atomic E-state index is 5.40. The lowest BCUT2D eigenvalue weighted by Gasteiger charge is -2.18. The van der Waals surface area contributed by atoms with Gasteiger partial charge in [0.1, 0.15) is 0 Å². The van der Waals surface area contributed by atoms with Crippen molar-refractivity contribution < 1.29 is 0 Å². The summed E-state index contributed by atoms with van der Waals surface area (Å²) in [6, 6.07) is 0. The van der Waals surface area contributed by atoms with Gasteiger partial charge in [-0.2, -0.15) is 0 Å². The normalized spacial score (nSPS) is 10.4. The van der Waals surface area contributed by atoms with Gasteiger partial charge in [0.15, 0.2) is 0 Å². The van der Waals surface area contributed by atoms with Crippen molar-refractivity contribution in [2.45, 2.75) is 13.8 Å². The molecule has 2 N–H and O–H groups in total. The molecule has 60 valence electrons. The van der Waals surface area contributed by atoms with Crippen LogP contribution >= 0.6 is 0 Å². The molecule has 0 rings (SSSR count). The van der Waals surface area contributed by atoms with E-state index >= 15 is 0 Å². The summed E-state index contributed by atoms with van der Waals surface area (Å²) in [6.45, 7) is 11.8. The monoisotopic (exact) mass is 142 g/mol. The van der Waals surface area contributed by atoms with Crippen molar-refractivity contribution in [3.8, 4) is 0 Å². The van der Waals surface area contributed by atoms with Gasteiger partial charge >= 0.3 is 0 Å². The van der Waals surface area contributed by atoms with Crippen molar-refractivity contribution in [3.63, 3.8) is 0 Å². The zero-order valence-electron chi connectivity index (χ0n) is 7.06. The van der Waals surface area contributed by atoms with Crippen LogP contribution in [0.4, 0.5) is 0 Å². The Morgan fingerprint density at radius 1 is 1.40 bits per heavy atom. The SMILES string of the molecule is C=C(CN)CN(CC)CC. The van der Waals surface area contributed by atoms with Crippen LogP contribution in [0.25, 0.3) is 0 Å². The molecule has 2 nitrogen and oxygen atoms in total. The molecule has 2 heteroatoms. The van der Waals surface area contributed by atoms with Gasteiger partial charge in [-0.1, -0.05) is 20.4 Å². The predicted molar refractivity (Wildman–Crippen MR) is 46.0 cm³/mol. The largest absolute Gasteiger partial charge is 0.327 e. The van der Waals surface area contributed by atoms with Gasteiger partial charge in [-0.15, -0.1) is 0 Å². The van der Waals surface area contributed by atoms with Crippen molar-refractivity contribution in [2.24, 2.45) is 5.73 Å². The highest BCUT2D eigenvalue weighted by Gasteiger charge is 1.98. The Morgan fingerprint density at radius 3 is 2.20 bits per heavy atom. The number of rotatable bonds is 5. The molecule has 0 aliphatic rings. The minimum atomic E-state index is 0.608. The van der Waals surface area contributed by atoms with Gasteiger partial charge in [-0.3, -0.25) is 4.90 Å². The van der Waals surface area contributed by atoms with E-state index in [-0.39, 0.29) is 0 Å². The summed E-state index contributed by atoms with van der Waals surface area (Å²) >= 11 is 0. The molecule has 0 radical (unpaired) electrons. The summed E-state index contributed by atoms with van der Waals surface area (Å²) in [5.74, 6) is 0. The number of hydrogen-bond donors (Lipinski definition) is 1. The van der Waals surface area contributed by atoms with Crippen molar-refractivity contribution >= 4 is 0 Å². The van der Waals surface area contributed by atoms with Crippen molar-refractivity contribution in [2.75, 3.05) is 26.2 Å². The quantitative estimate of drug-likeness (QED) is 0.576. The lowest BCUT2D eigenvalue weighted by Crippen LogP contribution is -2.27. The number of nitrogens with two attached hydrogens (primary N) is 1. The standard InChI is InChI=1S/C8H18N2/c1-4-10(5-2)7-8(3)6-9/h3-7,9H2,1-2H3. The number of hydrogen-bond acceptors (Lipinski definition) is 2. The van der Waals surface area contributed by atoms with E-state index in [4.69, 9.17) is 5.73 Å². The molecule has 0 aliphatic carbocycles. The molecule has 0 aromatic carbocycles. The summed E-state index contributed by atoms with van der Waals surface area (Å²) < 4.78 is 0. The van der Waals surface area contributed by atoms with Gasteiger partial charge in [-0.25, -0.2) is 0 Å². The molecule has 0 heterocycles. The van der Waals surface area contributed by atoms with Crippen LogP contribution in [0, 0.1) is 0 Å². The molecule has 0 spiro atoms. The molecule has 0 bridgehead atoms. The third kappa shape index (κ3) is 3.64. The van der Waals surface area contributed by atoms with Crippen LogP contribution in [0.3, 0.4) is 0 Å². The predicted octanol–water partition coefficient (Wildman–Crippen LogP) is 0.843. The number of likely N-dealkylation sites (N-methyl/N-ethyl adjacent to an activating group) is 1. The molecule has 0 saturated heterocycles. The highest BCUT2D eigenvalue weighted by molar-refractivity contribution is 4.98. The average Bonchev–Trinajstić information content (AvgIpc) is 1.99. The molecule has 0 atom stereocenters. The Bertz CT molecular complexity index is 95.4. The van der Waals surface area contributed by atoms with Crippen LogP contribution in [0.15, 0.2) is 12.2 Å². The Hall–Kier alpha value is -0.340. The van der Waals surface area contributed by atoms with Crippen molar-refractivity contribution in [3.05, 3.63) is 12.2 Å². The van der Waals surface area contributed by atoms with Gasteiger partial charge in [0.25, 0.3) is 0 Å². The first kappa shape index (κ1) is 9.66. The summed E-state index contributed by atoms with van der Waals surface area (Å²) in [7, 11) is 0. The fourth-order valence-corrected chi connectivity index (χ4v) is 0.828. The molecular weight excluding hydrogens is 124 g/mol. The summed E-state index contributed by atoms with van der Waals surface area (Å²) in [4.78, 5) is 2.30. The van der Waals surface area contributed by atoms with Gasteiger partial charge in [0, 0.05) is 13.1 Å². The highest BCUT2D eigenvalue weighted by Crippen LogP contribution is 1.93. The second kappa shape index (κ2) is 5.45. The third-order valence-electron chi connectivity index (χ3n) is 1.63. The lowest BCUT2D eigenvalue weighted by molar-refractivity contribution is 0.329. The zero-order valence-corrected chi connectivity index (χ0v) is 7.06. The van der Waals surface area contributed by atoms with Crippen molar-refractivity contribution in [1.29, 1.82) is 0 Å². The average molecular weight is 142 g/mol. The fourth-order valence-electron chi connectivity index (χ4n) is 0.828. The maximum absolute atomic E-state index is 5.40. The minimum Gasteiger partial charge on any atom is -0.327 e. The third-order valence-corrected chi connectivity index (χ3v) is 1.63. The molecule has 0 amide bonds. The van der Waals surface area contributed by atoms with E-state index in [2.05, 4.69) is 25.3 Å². The second-order valence-electron chi connectivity index (χ2n) is 2.42. The molecule has 10 heavy (non-hydrogen) atoms. The Kier molecular flexibility index (Phi) is 5.26. The van der Waals surface area contributed by atoms with Crippen LogP contribution in [0.5, 0.6) is 0 Å². The van der Waals surface area contributed by atoms with Gasteiger partial charge < -0.3 is 5.73 Å². The fraction of sp³-hybridized carbons (Fsp3) is 0.750. The van der Waals surface area contributed by atoms with E-state index in [1.165, 1.54) is 0 Å². The lowest BCUT2D eigenvalue weighted by atomic mass is 10.3. The van der Waals surface area contributed by atoms with Crippen LogP contribution < -0.4 is 5.73 Å². The zero-order chi connectivity index (χ0) is 7.98. The maximum Gasteiger partial charge on any atom is 0.0202 e. The topological polar surface area (TPSA) is 29.3 Å². The van der Waals surface area contributed by atoms with Crippen LogP contribution in [-0.4, -0.2) is 31.1 Å². The first-order valence-electron chi connectivity index (χ1n) is 3.83. The first-order valence-corrected chi connectivity index (χ1v) is 3.83. The van der Waals surface area contributed by atoms with Gasteiger partial charge in [-0.05, 0) is 18.7 Å². The summed E-state index contributed by atoms with van der Waals surface area (Å²) in [6.07, 6.45) is 0. The van der Waals surface area contributed by atoms with Crippen LogP contribution in [0.2, 0.25) is 0 Å². The molecule has 0 aromatic rings. The van der Waals surface area contributed by atoms with E-state index < -0.39 is 0 Å². The van der Waals surface area contributed by atoms with Crippen LogP contribution in [-0.2, 0) is 0 Å². The van der Waals surface area contributed by atoms with E-state index in [0.29, 0.717) is 6.54 Å². The second-order valence-corrected chi connectivity index (χ2v) is 2.42. The van der Waals surface area contributed by atoms with Gasteiger partial charge in [0.2, 0.25) is 0 Å². The van der Waals surface area contributed by atoms with Crippen LogP contribution in [0.1, 0.15) is 13.8 Å². The smallest absolute Gasteiger partial charge is 0.0202 e. The summed E-state index contributed by atoms with van der Waals surface area (Å²) in [5.41, 5.74) is 6.52. The number of nitrogens with zero attached hydrogens (tertiary/aromatic N) is 1. The summed E-state index contributed by atoms with van der Waals surface area (Å²) in [5, 5.41) is 0. The molecular formula is C8H18N2. The Labute approximate surface area is 63.7 Å². The molecule has 0 aliphatic heterocycles. The molecule has 0 unspecified atom stereocenters. The minimum absolute atomic E-state index is 0.608. The first-order chi connectivity index (χ1) is 4.74. The molecule has 0 aromatic heterocycles.